The molecule has 0 heterocycles. The normalized spacial score (nSPS) is 10.7. The van der Waals surface area contributed by atoms with E-state index in [2.05, 4.69) is 19.2 Å². The molecule has 5 heteroatoms. The Kier molecular flexibility index (Phi) is 8.36. The second-order valence-electron chi connectivity index (χ2n) is 5.59. The van der Waals surface area contributed by atoms with Crippen LogP contribution in [0.25, 0.3) is 0 Å². The van der Waals surface area contributed by atoms with Crippen LogP contribution in [0.5, 0.6) is 5.75 Å². The lowest BCUT2D eigenvalue weighted by molar-refractivity contribution is 0.0944. The van der Waals surface area contributed by atoms with Crippen LogP contribution in [0.3, 0.4) is 0 Å². The lowest BCUT2D eigenvalue weighted by atomic mass is 10.1. The summed E-state index contributed by atoms with van der Waals surface area (Å²) in [6, 6.07) is 5.15. The Morgan fingerprint density at radius 2 is 2.09 bits per heavy atom. The van der Waals surface area contributed by atoms with E-state index in [9.17, 15) is 4.79 Å². The zero-order chi connectivity index (χ0) is 16.4. The molecule has 1 rings (SSSR count). The van der Waals surface area contributed by atoms with Crippen LogP contribution in [0.15, 0.2) is 18.2 Å². The molecule has 0 aliphatic rings. The van der Waals surface area contributed by atoms with Crippen LogP contribution in [0.1, 0.15) is 44.0 Å². The van der Waals surface area contributed by atoms with Crippen molar-refractivity contribution in [2.24, 2.45) is 5.92 Å². The molecule has 0 fully saturated rings. The summed E-state index contributed by atoms with van der Waals surface area (Å²) < 4.78 is 10.9. The Bertz CT molecular complexity index is 461. The molecule has 0 atom stereocenters. The number of hydrogen-bond acceptors (Lipinski definition) is 4. The van der Waals surface area contributed by atoms with Crippen LogP contribution in [0.4, 0.5) is 5.69 Å². The molecule has 0 saturated heterocycles. The van der Waals surface area contributed by atoms with E-state index >= 15 is 0 Å². The highest BCUT2D eigenvalue weighted by molar-refractivity contribution is 5.95. The Morgan fingerprint density at radius 3 is 2.73 bits per heavy atom. The topological polar surface area (TPSA) is 73.6 Å². The van der Waals surface area contributed by atoms with E-state index in [1.165, 1.54) is 0 Å². The number of carbonyl (C=O) groups is 1. The van der Waals surface area contributed by atoms with E-state index in [4.69, 9.17) is 15.2 Å². The second kappa shape index (κ2) is 10.1. The average Bonchev–Trinajstić information content (AvgIpc) is 2.48. The quantitative estimate of drug-likeness (QED) is 0.515. The van der Waals surface area contributed by atoms with Gasteiger partial charge in [0, 0.05) is 25.3 Å². The van der Waals surface area contributed by atoms with Crippen LogP contribution in [-0.2, 0) is 4.74 Å². The van der Waals surface area contributed by atoms with Crippen molar-refractivity contribution in [3.05, 3.63) is 23.8 Å². The van der Waals surface area contributed by atoms with Crippen molar-refractivity contribution in [1.82, 2.24) is 5.32 Å². The minimum absolute atomic E-state index is 0.128. The number of benzene rings is 1. The van der Waals surface area contributed by atoms with E-state index in [1.54, 1.807) is 18.2 Å². The molecule has 0 aliphatic heterocycles. The third-order valence-electron chi connectivity index (χ3n) is 3.18. The Labute approximate surface area is 133 Å². The fourth-order valence-electron chi connectivity index (χ4n) is 1.85. The fourth-order valence-corrected chi connectivity index (χ4v) is 1.85. The predicted molar refractivity (Wildman–Crippen MR) is 89.2 cm³/mol. The molecule has 1 aromatic rings. The van der Waals surface area contributed by atoms with Crippen LogP contribution in [-0.4, -0.2) is 32.3 Å². The van der Waals surface area contributed by atoms with E-state index in [-0.39, 0.29) is 5.91 Å². The predicted octanol–water partition coefficient (Wildman–Crippen LogP) is 2.85. The van der Waals surface area contributed by atoms with Crippen molar-refractivity contribution in [3.63, 3.8) is 0 Å². The van der Waals surface area contributed by atoms with Crippen LogP contribution in [0.2, 0.25) is 0 Å². The van der Waals surface area contributed by atoms with Gasteiger partial charge < -0.3 is 20.5 Å². The molecule has 0 saturated carbocycles. The molecule has 0 bridgehead atoms. The number of nitrogen functional groups attached to an aromatic ring is 1. The maximum atomic E-state index is 12.0. The first kappa shape index (κ1) is 18.3. The molecule has 22 heavy (non-hydrogen) atoms. The summed E-state index contributed by atoms with van der Waals surface area (Å²) in [5.74, 6) is 1.09. The number of nitrogens with two attached hydrogens (primary N) is 1. The SMILES string of the molecule is CCOCCCNC(=O)c1ccc(OCCC(C)C)c(N)c1. The monoisotopic (exact) mass is 308 g/mol. The summed E-state index contributed by atoms with van der Waals surface area (Å²) >= 11 is 0. The molecule has 124 valence electrons. The molecule has 0 unspecified atom stereocenters. The van der Waals surface area contributed by atoms with Crippen molar-refractivity contribution >= 4 is 11.6 Å². The lowest BCUT2D eigenvalue weighted by Crippen LogP contribution is -2.25. The van der Waals surface area contributed by atoms with Gasteiger partial charge in [0.05, 0.1) is 12.3 Å². The van der Waals surface area contributed by atoms with Crippen molar-refractivity contribution in [3.8, 4) is 5.75 Å². The van der Waals surface area contributed by atoms with E-state index in [0.717, 1.165) is 12.8 Å². The lowest BCUT2D eigenvalue weighted by Gasteiger charge is -2.11. The Morgan fingerprint density at radius 1 is 1.32 bits per heavy atom. The number of hydrogen-bond donors (Lipinski definition) is 2. The summed E-state index contributed by atoms with van der Waals surface area (Å²) in [7, 11) is 0. The number of nitrogens with one attached hydrogen (secondary N) is 1. The van der Waals surface area contributed by atoms with Gasteiger partial charge in [0.25, 0.3) is 5.91 Å². The van der Waals surface area contributed by atoms with Gasteiger partial charge in [0.2, 0.25) is 0 Å². The van der Waals surface area contributed by atoms with Crippen molar-refractivity contribution in [2.75, 3.05) is 32.1 Å². The van der Waals surface area contributed by atoms with E-state index < -0.39 is 0 Å². The van der Waals surface area contributed by atoms with Gasteiger partial charge in [-0.25, -0.2) is 0 Å². The molecular weight excluding hydrogens is 280 g/mol. The number of ether oxygens (including phenoxy) is 2. The summed E-state index contributed by atoms with van der Waals surface area (Å²) in [5.41, 5.74) is 6.98. The first-order chi connectivity index (χ1) is 10.5. The highest BCUT2D eigenvalue weighted by Gasteiger charge is 2.08. The maximum Gasteiger partial charge on any atom is 0.251 e. The van der Waals surface area contributed by atoms with E-state index in [1.807, 2.05) is 6.92 Å². The van der Waals surface area contributed by atoms with Gasteiger partial charge in [-0.1, -0.05) is 13.8 Å². The van der Waals surface area contributed by atoms with Crippen molar-refractivity contribution in [2.45, 2.75) is 33.6 Å². The minimum Gasteiger partial charge on any atom is -0.491 e. The van der Waals surface area contributed by atoms with Gasteiger partial charge in [-0.15, -0.1) is 0 Å². The fraction of sp³-hybridized carbons (Fsp3) is 0.588. The number of rotatable bonds is 10. The van der Waals surface area contributed by atoms with Crippen molar-refractivity contribution < 1.29 is 14.3 Å². The molecule has 5 nitrogen and oxygen atoms in total. The van der Waals surface area contributed by atoms with Crippen LogP contribution in [0, 0.1) is 5.92 Å². The van der Waals surface area contributed by atoms with Crippen LogP contribution < -0.4 is 15.8 Å². The Balaban J connectivity index is 2.44. The summed E-state index contributed by atoms with van der Waals surface area (Å²) in [4.78, 5) is 12.0. The summed E-state index contributed by atoms with van der Waals surface area (Å²) in [6.07, 6.45) is 1.77. The van der Waals surface area contributed by atoms with Crippen molar-refractivity contribution in [1.29, 1.82) is 0 Å². The van der Waals surface area contributed by atoms with Gasteiger partial charge in [0.1, 0.15) is 5.75 Å². The van der Waals surface area contributed by atoms with E-state index in [0.29, 0.717) is 49.3 Å². The van der Waals surface area contributed by atoms with Crippen LogP contribution >= 0.6 is 0 Å². The molecule has 0 aliphatic carbocycles. The number of anilines is 1. The van der Waals surface area contributed by atoms with Gasteiger partial charge in [-0.05, 0) is 43.9 Å². The third-order valence-corrected chi connectivity index (χ3v) is 3.18. The molecular formula is C17H28N2O3. The first-order valence-corrected chi connectivity index (χ1v) is 7.92. The van der Waals surface area contributed by atoms with Gasteiger partial charge in [-0.2, -0.15) is 0 Å². The smallest absolute Gasteiger partial charge is 0.251 e. The molecule has 0 spiro atoms. The highest BCUT2D eigenvalue weighted by atomic mass is 16.5. The molecule has 1 amide bonds. The highest BCUT2D eigenvalue weighted by Crippen LogP contribution is 2.23. The van der Waals surface area contributed by atoms with Gasteiger partial charge in [-0.3, -0.25) is 4.79 Å². The molecule has 3 N–H and O–H groups in total. The summed E-state index contributed by atoms with van der Waals surface area (Å²) in [5, 5.41) is 2.85. The zero-order valence-electron chi connectivity index (χ0n) is 13.9. The zero-order valence-corrected chi connectivity index (χ0v) is 13.9. The standard InChI is InChI=1S/C17H28N2O3/c1-4-21-10-5-9-19-17(20)14-6-7-16(15(18)12-14)22-11-8-13(2)3/h6-7,12-13H,4-5,8-11,18H2,1-3H3,(H,19,20). The third kappa shape index (κ3) is 6.80. The molecule has 0 radical (unpaired) electrons. The minimum atomic E-state index is -0.128. The summed E-state index contributed by atoms with van der Waals surface area (Å²) in [6.45, 7) is 8.81. The number of amides is 1. The first-order valence-electron chi connectivity index (χ1n) is 7.92. The molecule has 0 aromatic heterocycles. The van der Waals surface area contributed by atoms with Gasteiger partial charge in [0.15, 0.2) is 0 Å². The maximum absolute atomic E-state index is 12.0. The number of carbonyl (C=O) groups excluding carboxylic acids is 1. The largest absolute Gasteiger partial charge is 0.491 e. The Hall–Kier alpha value is -1.75. The molecule has 1 aromatic carbocycles. The average molecular weight is 308 g/mol. The second-order valence-corrected chi connectivity index (χ2v) is 5.59. The van der Waals surface area contributed by atoms with Gasteiger partial charge >= 0.3 is 0 Å².